The highest BCUT2D eigenvalue weighted by Crippen LogP contribution is 2.44. The van der Waals surface area contributed by atoms with Crippen LogP contribution in [0.25, 0.3) is 0 Å². The Morgan fingerprint density at radius 3 is 2.47 bits per heavy atom. The fraction of sp³-hybridized carbons (Fsp3) is 0.571. The van der Waals surface area contributed by atoms with Gasteiger partial charge >= 0.3 is 0 Å². The zero-order valence-corrected chi connectivity index (χ0v) is 10.6. The van der Waals surface area contributed by atoms with Gasteiger partial charge in [-0.05, 0) is 31.4 Å². The SMILES string of the molecule is COc1c(O)ccc(C)c1C1(N)CCCCC1. The first-order valence-corrected chi connectivity index (χ1v) is 6.24. The highest BCUT2D eigenvalue weighted by atomic mass is 16.5. The molecule has 0 bridgehead atoms. The van der Waals surface area contributed by atoms with Gasteiger partial charge in [0.15, 0.2) is 11.5 Å². The first-order valence-electron chi connectivity index (χ1n) is 6.24. The topological polar surface area (TPSA) is 55.5 Å². The van der Waals surface area contributed by atoms with E-state index in [1.165, 1.54) is 6.42 Å². The van der Waals surface area contributed by atoms with Crippen molar-refractivity contribution in [2.24, 2.45) is 5.73 Å². The van der Waals surface area contributed by atoms with E-state index < -0.39 is 0 Å². The lowest BCUT2D eigenvalue weighted by Gasteiger charge is -2.36. The van der Waals surface area contributed by atoms with Gasteiger partial charge in [0.05, 0.1) is 7.11 Å². The number of benzene rings is 1. The van der Waals surface area contributed by atoms with Gasteiger partial charge in [0.25, 0.3) is 0 Å². The molecule has 3 N–H and O–H groups in total. The molecule has 0 aliphatic heterocycles. The van der Waals surface area contributed by atoms with Gasteiger partial charge in [-0.25, -0.2) is 0 Å². The Hall–Kier alpha value is -1.22. The third-order valence-electron chi connectivity index (χ3n) is 3.79. The molecule has 0 heterocycles. The monoisotopic (exact) mass is 235 g/mol. The molecule has 0 aromatic heterocycles. The molecule has 1 aliphatic rings. The second-order valence-corrected chi connectivity index (χ2v) is 5.03. The van der Waals surface area contributed by atoms with Crippen LogP contribution in [0.2, 0.25) is 0 Å². The van der Waals surface area contributed by atoms with Crippen molar-refractivity contribution in [2.45, 2.75) is 44.6 Å². The van der Waals surface area contributed by atoms with E-state index in [1.54, 1.807) is 13.2 Å². The third kappa shape index (κ3) is 2.12. The lowest BCUT2D eigenvalue weighted by Crippen LogP contribution is -2.39. The van der Waals surface area contributed by atoms with Crippen molar-refractivity contribution >= 4 is 0 Å². The van der Waals surface area contributed by atoms with Gasteiger partial charge in [-0.1, -0.05) is 25.3 Å². The fourth-order valence-electron chi connectivity index (χ4n) is 2.93. The smallest absolute Gasteiger partial charge is 0.165 e. The van der Waals surface area contributed by atoms with Crippen LogP contribution in [0.15, 0.2) is 12.1 Å². The maximum Gasteiger partial charge on any atom is 0.165 e. The van der Waals surface area contributed by atoms with Crippen LogP contribution < -0.4 is 10.5 Å². The quantitative estimate of drug-likeness (QED) is 0.828. The molecule has 1 fully saturated rings. The molecular weight excluding hydrogens is 214 g/mol. The van der Waals surface area contributed by atoms with Crippen molar-refractivity contribution in [2.75, 3.05) is 7.11 Å². The summed E-state index contributed by atoms with van der Waals surface area (Å²) in [6.07, 6.45) is 5.48. The molecule has 0 amide bonds. The Morgan fingerprint density at radius 2 is 1.88 bits per heavy atom. The number of phenolic OH excluding ortho intramolecular Hbond substituents is 1. The number of hydrogen-bond acceptors (Lipinski definition) is 3. The third-order valence-corrected chi connectivity index (χ3v) is 3.79. The fourth-order valence-corrected chi connectivity index (χ4v) is 2.93. The van der Waals surface area contributed by atoms with Gasteiger partial charge in [0, 0.05) is 11.1 Å². The average Bonchev–Trinajstić information content (AvgIpc) is 2.32. The largest absolute Gasteiger partial charge is 0.504 e. The minimum atomic E-state index is -0.341. The Labute approximate surface area is 103 Å². The first-order chi connectivity index (χ1) is 8.08. The Kier molecular flexibility index (Phi) is 3.29. The van der Waals surface area contributed by atoms with E-state index in [1.807, 2.05) is 13.0 Å². The molecule has 0 atom stereocenters. The molecular formula is C14H21NO2. The second kappa shape index (κ2) is 4.57. The summed E-state index contributed by atoms with van der Waals surface area (Å²) in [5.74, 6) is 0.734. The molecule has 1 saturated carbocycles. The molecule has 17 heavy (non-hydrogen) atoms. The summed E-state index contributed by atoms with van der Waals surface area (Å²) in [5.41, 5.74) is 8.28. The minimum Gasteiger partial charge on any atom is -0.504 e. The molecule has 2 rings (SSSR count). The predicted octanol–water partition coefficient (Wildman–Crippen LogP) is 2.83. The normalized spacial score (nSPS) is 19.0. The lowest BCUT2D eigenvalue weighted by atomic mass is 9.75. The number of aryl methyl sites for hydroxylation is 1. The van der Waals surface area contributed by atoms with E-state index in [0.29, 0.717) is 5.75 Å². The van der Waals surface area contributed by atoms with Crippen LogP contribution in [0.1, 0.15) is 43.2 Å². The molecule has 3 heteroatoms. The van der Waals surface area contributed by atoms with Crippen molar-refractivity contribution in [3.8, 4) is 11.5 Å². The zero-order valence-electron chi connectivity index (χ0n) is 10.6. The second-order valence-electron chi connectivity index (χ2n) is 5.03. The first kappa shape index (κ1) is 12.2. The number of aromatic hydroxyl groups is 1. The number of phenols is 1. The summed E-state index contributed by atoms with van der Waals surface area (Å²) < 4.78 is 5.35. The highest BCUT2D eigenvalue weighted by molar-refractivity contribution is 5.53. The van der Waals surface area contributed by atoms with Crippen LogP contribution >= 0.6 is 0 Å². The summed E-state index contributed by atoms with van der Waals surface area (Å²) in [7, 11) is 1.59. The number of rotatable bonds is 2. The number of ether oxygens (including phenoxy) is 1. The molecule has 0 spiro atoms. The maximum absolute atomic E-state index is 9.88. The van der Waals surface area contributed by atoms with Crippen LogP contribution in [0.3, 0.4) is 0 Å². The van der Waals surface area contributed by atoms with Crippen molar-refractivity contribution in [3.63, 3.8) is 0 Å². The lowest BCUT2D eigenvalue weighted by molar-refractivity contribution is 0.282. The summed E-state index contributed by atoms with van der Waals surface area (Å²) >= 11 is 0. The predicted molar refractivity (Wildman–Crippen MR) is 68.3 cm³/mol. The Balaban J connectivity index is 2.52. The van der Waals surface area contributed by atoms with Crippen LogP contribution in [0.4, 0.5) is 0 Å². The number of nitrogens with two attached hydrogens (primary N) is 1. The van der Waals surface area contributed by atoms with E-state index in [4.69, 9.17) is 10.5 Å². The average molecular weight is 235 g/mol. The Morgan fingerprint density at radius 1 is 1.24 bits per heavy atom. The van der Waals surface area contributed by atoms with Gasteiger partial charge in [0.1, 0.15) is 0 Å². The highest BCUT2D eigenvalue weighted by Gasteiger charge is 2.34. The van der Waals surface area contributed by atoms with Crippen LogP contribution in [-0.2, 0) is 5.54 Å². The maximum atomic E-state index is 9.88. The van der Waals surface area contributed by atoms with Gasteiger partial charge in [-0.2, -0.15) is 0 Å². The van der Waals surface area contributed by atoms with Crippen LogP contribution in [0, 0.1) is 6.92 Å². The van der Waals surface area contributed by atoms with Crippen molar-refractivity contribution in [3.05, 3.63) is 23.3 Å². The molecule has 0 radical (unpaired) electrons. The molecule has 1 aliphatic carbocycles. The van der Waals surface area contributed by atoms with E-state index in [9.17, 15) is 5.11 Å². The van der Waals surface area contributed by atoms with Crippen LogP contribution in [-0.4, -0.2) is 12.2 Å². The van der Waals surface area contributed by atoms with Crippen molar-refractivity contribution in [1.29, 1.82) is 0 Å². The minimum absolute atomic E-state index is 0.184. The standard InChI is InChI=1S/C14H21NO2/c1-10-6-7-11(16)13(17-2)12(10)14(15)8-4-3-5-9-14/h6-7,16H,3-5,8-9,15H2,1-2H3. The van der Waals surface area contributed by atoms with Crippen molar-refractivity contribution < 1.29 is 9.84 Å². The summed E-state index contributed by atoms with van der Waals surface area (Å²) in [6.45, 7) is 2.03. The van der Waals surface area contributed by atoms with Crippen LogP contribution in [0.5, 0.6) is 11.5 Å². The van der Waals surface area contributed by atoms with E-state index in [-0.39, 0.29) is 11.3 Å². The molecule has 94 valence electrons. The van der Waals surface area contributed by atoms with Crippen molar-refractivity contribution in [1.82, 2.24) is 0 Å². The van der Waals surface area contributed by atoms with Gasteiger partial charge in [-0.15, -0.1) is 0 Å². The van der Waals surface area contributed by atoms with E-state index in [0.717, 1.165) is 36.8 Å². The summed E-state index contributed by atoms with van der Waals surface area (Å²) in [6, 6.07) is 3.58. The van der Waals surface area contributed by atoms with Gasteiger partial charge in [0.2, 0.25) is 0 Å². The summed E-state index contributed by atoms with van der Waals surface area (Å²) in [4.78, 5) is 0. The molecule has 1 aromatic rings. The molecule has 0 unspecified atom stereocenters. The molecule has 0 saturated heterocycles. The van der Waals surface area contributed by atoms with Gasteiger partial charge in [-0.3, -0.25) is 0 Å². The van der Waals surface area contributed by atoms with E-state index in [2.05, 4.69) is 0 Å². The zero-order chi connectivity index (χ0) is 12.5. The van der Waals surface area contributed by atoms with E-state index >= 15 is 0 Å². The number of methoxy groups -OCH3 is 1. The van der Waals surface area contributed by atoms with Gasteiger partial charge < -0.3 is 15.6 Å². The molecule has 1 aromatic carbocycles. The molecule has 3 nitrogen and oxygen atoms in total. The summed E-state index contributed by atoms with van der Waals surface area (Å²) in [5, 5.41) is 9.88. The Bertz CT molecular complexity index is 409. The number of hydrogen-bond donors (Lipinski definition) is 2.